The highest BCUT2D eigenvalue weighted by Gasteiger charge is 2.33. The van der Waals surface area contributed by atoms with Crippen LogP contribution in [0.4, 0.5) is 5.69 Å². The van der Waals surface area contributed by atoms with Crippen molar-refractivity contribution in [1.29, 1.82) is 0 Å². The minimum atomic E-state index is -0.771. The summed E-state index contributed by atoms with van der Waals surface area (Å²) in [7, 11) is 0. The van der Waals surface area contributed by atoms with Gasteiger partial charge in [-0.1, -0.05) is 35.9 Å². The van der Waals surface area contributed by atoms with Crippen molar-refractivity contribution in [3.63, 3.8) is 0 Å². The number of halogens is 1. The van der Waals surface area contributed by atoms with Gasteiger partial charge in [-0.25, -0.2) is 0 Å². The van der Waals surface area contributed by atoms with Crippen LogP contribution < -0.4 is 15.8 Å². The Morgan fingerprint density at radius 1 is 1.18 bits per heavy atom. The van der Waals surface area contributed by atoms with Crippen LogP contribution in [0.5, 0.6) is 5.75 Å². The lowest BCUT2D eigenvalue weighted by Crippen LogP contribution is -2.42. The number of dihydropyridines is 1. The Morgan fingerprint density at radius 3 is 2.76 bits per heavy atom. The highest BCUT2D eigenvalue weighted by Crippen LogP contribution is 2.38. The molecule has 0 saturated carbocycles. The first-order valence-corrected chi connectivity index (χ1v) is 12.0. The van der Waals surface area contributed by atoms with Gasteiger partial charge in [-0.2, -0.15) is 0 Å². The van der Waals surface area contributed by atoms with Crippen molar-refractivity contribution in [3.8, 4) is 5.75 Å². The SMILES string of the molecule is Nc1ccc2c(c1)/C(=C/CCN1CCC(O)(c3ccc(Cl)cc3)CC1)C1=CC=CNC1CO2. The van der Waals surface area contributed by atoms with Crippen molar-refractivity contribution in [3.05, 3.63) is 88.6 Å². The summed E-state index contributed by atoms with van der Waals surface area (Å²) in [4.78, 5) is 2.43. The maximum atomic E-state index is 11.1. The fourth-order valence-electron chi connectivity index (χ4n) is 4.97. The highest BCUT2D eigenvalue weighted by atomic mass is 35.5. The number of nitrogens with two attached hydrogens (primary N) is 1. The lowest BCUT2D eigenvalue weighted by Gasteiger charge is -2.38. The van der Waals surface area contributed by atoms with E-state index in [0.717, 1.165) is 61.5 Å². The van der Waals surface area contributed by atoms with E-state index in [2.05, 4.69) is 22.4 Å². The van der Waals surface area contributed by atoms with Gasteiger partial charge >= 0.3 is 0 Å². The van der Waals surface area contributed by atoms with Crippen LogP contribution in [0.25, 0.3) is 5.57 Å². The molecule has 33 heavy (non-hydrogen) atoms. The molecular formula is C27H30ClN3O2. The van der Waals surface area contributed by atoms with Crippen molar-refractivity contribution in [2.45, 2.75) is 30.9 Å². The molecule has 5 nitrogen and oxygen atoms in total. The van der Waals surface area contributed by atoms with E-state index in [1.807, 2.05) is 54.7 Å². The van der Waals surface area contributed by atoms with Gasteiger partial charge in [0.15, 0.2) is 0 Å². The van der Waals surface area contributed by atoms with Gasteiger partial charge in [-0.15, -0.1) is 0 Å². The van der Waals surface area contributed by atoms with E-state index in [9.17, 15) is 5.11 Å². The fraction of sp³-hybridized carbons (Fsp3) is 0.333. The second-order valence-electron chi connectivity index (χ2n) is 9.05. The zero-order chi connectivity index (χ0) is 22.8. The molecule has 2 aromatic rings. The van der Waals surface area contributed by atoms with Crippen molar-refractivity contribution in [2.75, 3.05) is 32.0 Å². The maximum absolute atomic E-state index is 11.1. The quantitative estimate of drug-likeness (QED) is 0.583. The number of likely N-dealkylation sites (tertiary alicyclic amines) is 1. The Kier molecular flexibility index (Phi) is 6.19. The average Bonchev–Trinajstić information content (AvgIpc) is 2.98. The van der Waals surface area contributed by atoms with Crippen LogP contribution in [0.1, 0.15) is 30.4 Å². The predicted octanol–water partition coefficient (Wildman–Crippen LogP) is 4.48. The number of anilines is 1. The van der Waals surface area contributed by atoms with Crippen molar-refractivity contribution < 1.29 is 9.84 Å². The van der Waals surface area contributed by atoms with Gasteiger partial charge < -0.3 is 25.8 Å². The summed E-state index contributed by atoms with van der Waals surface area (Å²) in [5.41, 5.74) is 10.5. The Hall–Kier alpha value is -2.73. The molecule has 4 N–H and O–H groups in total. The molecule has 6 heteroatoms. The number of nitrogens with one attached hydrogen (secondary N) is 1. The van der Waals surface area contributed by atoms with Crippen LogP contribution >= 0.6 is 11.6 Å². The Labute approximate surface area is 200 Å². The molecule has 0 aliphatic carbocycles. The van der Waals surface area contributed by atoms with Gasteiger partial charge in [0.2, 0.25) is 0 Å². The Morgan fingerprint density at radius 2 is 1.97 bits per heavy atom. The number of ether oxygens (including phenoxy) is 1. The predicted molar refractivity (Wildman–Crippen MR) is 134 cm³/mol. The first-order chi connectivity index (χ1) is 16.0. The molecule has 0 bridgehead atoms. The van der Waals surface area contributed by atoms with E-state index in [0.29, 0.717) is 11.6 Å². The normalized spacial score (nSPS) is 23.0. The smallest absolute Gasteiger partial charge is 0.127 e. The van der Waals surface area contributed by atoms with Crippen molar-refractivity contribution in [1.82, 2.24) is 10.2 Å². The Bertz CT molecular complexity index is 1100. The van der Waals surface area contributed by atoms with Gasteiger partial charge in [0.1, 0.15) is 12.4 Å². The van der Waals surface area contributed by atoms with E-state index in [1.54, 1.807) is 0 Å². The number of aliphatic hydroxyl groups is 1. The summed E-state index contributed by atoms with van der Waals surface area (Å²) < 4.78 is 6.09. The summed E-state index contributed by atoms with van der Waals surface area (Å²) in [5.74, 6) is 0.874. The molecule has 1 fully saturated rings. The number of nitrogen functional groups attached to an aromatic ring is 1. The monoisotopic (exact) mass is 463 g/mol. The van der Waals surface area contributed by atoms with Crippen molar-refractivity contribution >= 4 is 22.9 Å². The molecule has 3 aliphatic rings. The molecular weight excluding hydrogens is 434 g/mol. The lowest BCUT2D eigenvalue weighted by atomic mass is 9.84. The molecule has 1 saturated heterocycles. The standard InChI is InChI=1S/C27H30ClN3O2/c28-20-7-5-19(6-8-20)27(32)11-15-31(16-12-27)14-2-4-22-23-3-1-13-30-25(23)18-33-26-10-9-21(29)17-24(22)26/h1,3-10,13,17,25,30,32H,2,11-12,14-16,18,29H2/b22-4+. The summed E-state index contributed by atoms with van der Waals surface area (Å²) in [6.45, 7) is 3.26. The second kappa shape index (κ2) is 9.26. The van der Waals surface area contributed by atoms with Gasteiger partial charge in [-0.3, -0.25) is 0 Å². The third-order valence-electron chi connectivity index (χ3n) is 6.91. The average molecular weight is 464 g/mol. The molecule has 172 valence electrons. The summed E-state index contributed by atoms with van der Waals surface area (Å²) in [5, 5.41) is 15.3. The number of allylic oxidation sites excluding steroid dienone is 2. The first kappa shape index (κ1) is 22.1. The van der Waals surface area contributed by atoms with Crippen LogP contribution in [0.15, 0.2) is 72.5 Å². The van der Waals surface area contributed by atoms with Crippen LogP contribution in [0.2, 0.25) is 5.02 Å². The summed E-state index contributed by atoms with van der Waals surface area (Å²) >= 11 is 6.01. The zero-order valence-corrected chi connectivity index (χ0v) is 19.4. The second-order valence-corrected chi connectivity index (χ2v) is 9.49. The van der Waals surface area contributed by atoms with Crippen LogP contribution in [-0.4, -0.2) is 42.3 Å². The number of benzene rings is 2. The molecule has 5 rings (SSSR count). The minimum absolute atomic E-state index is 0.124. The molecule has 2 aromatic carbocycles. The van der Waals surface area contributed by atoms with Gasteiger partial charge in [-0.05, 0) is 78.6 Å². The molecule has 0 radical (unpaired) electrons. The van der Waals surface area contributed by atoms with Crippen LogP contribution in [0.3, 0.4) is 0 Å². The van der Waals surface area contributed by atoms with Crippen LogP contribution in [0, 0.1) is 0 Å². The largest absolute Gasteiger partial charge is 0.490 e. The van der Waals surface area contributed by atoms with Gasteiger partial charge in [0.25, 0.3) is 0 Å². The number of nitrogens with zero attached hydrogens (tertiary/aromatic N) is 1. The summed E-state index contributed by atoms with van der Waals surface area (Å²) in [6.07, 6.45) is 10.8. The number of hydrogen-bond donors (Lipinski definition) is 3. The molecule has 0 amide bonds. The maximum Gasteiger partial charge on any atom is 0.127 e. The van der Waals surface area contributed by atoms with E-state index >= 15 is 0 Å². The molecule has 3 heterocycles. The highest BCUT2D eigenvalue weighted by molar-refractivity contribution is 6.30. The fourth-order valence-corrected chi connectivity index (χ4v) is 5.10. The first-order valence-electron chi connectivity index (χ1n) is 11.6. The molecule has 1 unspecified atom stereocenters. The number of fused-ring (bicyclic) bond motifs is 2. The lowest BCUT2D eigenvalue weighted by molar-refractivity contribution is -0.0254. The summed E-state index contributed by atoms with van der Waals surface area (Å²) in [6, 6.07) is 13.6. The van der Waals surface area contributed by atoms with Crippen molar-refractivity contribution in [2.24, 2.45) is 0 Å². The molecule has 3 aliphatic heterocycles. The van der Waals surface area contributed by atoms with E-state index in [-0.39, 0.29) is 6.04 Å². The third-order valence-corrected chi connectivity index (χ3v) is 7.17. The molecule has 1 atom stereocenters. The Balaban J connectivity index is 1.29. The minimum Gasteiger partial charge on any atom is -0.490 e. The van der Waals surface area contributed by atoms with E-state index in [4.69, 9.17) is 22.1 Å². The third kappa shape index (κ3) is 4.67. The van der Waals surface area contributed by atoms with Gasteiger partial charge in [0, 0.05) is 35.9 Å². The topological polar surface area (TPSA) is 70.8 Å². The van der Waals surface area contributed by atoms with E-state index in [1.165, 1.54) is 11.1 Å². The zero-order valence-electron chi connectivity index (χ0n) is 18.6. The molecule has 0 spiro atoms. The van der Waals surface area contributed by atoms with E-state index < -0.39 is 5.60 Å². The molecule has 0 aromatic heterocycles. The van der Waals surface area contributed by atoms with Gasteiger partial charge in [0.05, 0.1) is 11.6 Å². The number of rotatable bonds is 4. The number of hydrogen-bond acceptors (Lipinski definition) is 5. The van der Waals surface area contributed by atoms with Crippen LogP contribution in [-0.2, 0) is 5.60 Å². The number of piperidine rings is 1.